The largest absolute Gasteiger partial charge is 0.448 e. The van der Waals surface area contributed by atoms with E-state index >= 15 is 0 Å². The molecule has 1 fully saturated rings. The maximum absolute atomic E-state index is 12.5. The third kappa shape index (κ3) is 2.97. The van der Waals surface area contributed by atoms with Gasteiger partial charge in [0.2, 0.25) is 0 Å². The Morgan fingerprint density at radius 2 is 1.62 bits per heavy atom. The summed E-state index contributed by atoms with van der Waals surface area (Å²) in [7, 11) is 0. The van der Waals surface area contributed by atoms with Crippen molar-refractivity contribution in [2.45, 2.75) is 24.4 Å². The van der Waals surface area contributed by atoms with Gasteiger partial charge in [0.05, 0.1) is 5.60 Å². The van der Waals surface area contributed by atoms with E-state index in [0.29, 0.717) is 32.5 Å². The number of aliphatic hydroxyl groups is 1. The molecule has 2 aromatic carbocycles. The number of amides is 1. The average molecular weight is 352 g/mol. The third-order valence-electron chi connectivity index (χ3n) is 5.67. The summed E-state index contributed by atoms with van der Waals surface area (Å²) < 4.78 is 5.66. The maximum Gasteiger partial charge on any atom is 0.409 e. The van der Waals surface area contributed by atoms with E-state index in [0.717, 1.165) is 0 Å². The normalized spacial score (nSPS) is 18.3. The second kappa shape index (κ2) is 6.74. The first-order valence-electron chi connectivity index (χ1n) is 9.14. The van der Waals surface area contributed by atoms with Crippen LogP contribution < -0.4 is 5.73 Å². The molecule has 0 aromatic heterocycles. The Kier molecular flexibility index (Phi) is 4.42. The number of carbonyl (C=O) groups excluding carboxylic acids is 1. The first-order chi connectivity index (χ1) is 12.6. The van der Waals surface area contributed by atoms with E-state index in [1.54, 1.807) is 4.90 Å². The zero-order valence-electron chi connectivity index (χ0n) is 14.7. The van der Waals surface area contributed by atoms with Crippen molar-refractivity contribution >= 4 is 6.09 Å². The Balaban J connectivity index is 1.45. The topological polar surface area (TPSA) is 75.8 Å². The lowest BCUT2D eigenvalue weighted by Crippen LogP contribution is -2.50. The van der Waals surface area contributed by atoms with Crippen molar-refractivity contribution in [2.75, 3.05) is 26.2 Å². The highest BCUT2D eigenvalue weighted by molar-refractivity contribution is 5.79. The molecule has 5 nitrogen and oxygen atoms in total. The fraction of sp³-hybridized carbons (Fsp3) is 0.381. The monoisotopic (exact) mass is 352 g/mol. The third-order valence-corrected chi connectivity index (χ3v) is 5.67. The van der Waals surface area contributed by atoms with Crippen LogP contribution in [-0.2, 0) is 4.74 Å². The summed E-state index contributed by atoms with van der Waals surface area (Å²) >= 11 is 0. The van der Waals surface area contributed by atoms with E-state index in [-0.39, 0.29) is 18.6 Å². The zero-order valence-corrected chi connectivity index (χ0v) is 14.7. The summed E-state index contributed by atoms with van der Waals surface area (Å²) in [5, 5.41) is 10.2. The average Bonchev–Trinajstić information content (AvgIpc) is 3.01. The number of nitrogens with zero attached hydrogens (tertiary/aromatic N) is 1. The van der Waals surface area contributed by atoms with Gasteiger partial charge in [-0.1, -0.05) is 48.5 Å². The molecule has 1 amide bonds. The molecule has 1 heterocycles. The van der Waals surface area contributed by atoms with Crippen molar-refractivity contribution in [2.24, 2.45) is 5.73 Å². The lowest BCUT2D eigenvalue weighted by atomic mass is 9.92. The van der Waals surface area contributed by atoms with Crippen molar-refractivity contribution in [1.82, 2.24) is 4.90 Å². The van der Waals surface area contributed by atoms with Crippen LogP contribution in [0.1, 0.15) is 29.9 Å². The van der Waals surface area contributed by atoms with Gasteiger partial charge >= 0.3 is 6.09 Å². The van der Waals surface area contributed by atoms with Crippen LogP contribution in [0.15, 0.2) is 48.5 Å². The van der Waals surface area contributed by atoms with E-state index in [2.05, 4.69) is 24.3 Å². The van der Waals surface area contributed by atoms with Crippen molar-refractivity contribution in [3.8, 4) is 11.1 Å². The minimum atomic E-state index is -0.847. The molecular formula is C21H24N2O3. The molecule has 1 saturated heterocycles. The fourth-order valence-electron chi connectivity index (χ4n) is 3.99. The number of piperidine rings is 1. The maximum atomic E-state index is 12.5. The summed E-state index contributed by atoms with van der Waals surface area (Å²) in [6, 6.07) is 16.6. The molecular weight excluding hydrogens is 328 g/mol. The summed E-state index contributed by atoms with van der Waals surface area (Å²) in [6.45, 7) is 1.50. The van der Waals surface area contributed by atoms with E-state index in [1.165, 1.54) is 22.3 Å². The SMILES string of the molecule is NCC1(O)CCN(C(=O)OCC2c3ccccc3-c3ccccc32)CC1. The first kappa shape index (κ1) is 17.1. The number of carbonyl (C=O) groups is 1. The number of hydrogen-bond donors (Lipinski definition) is 2. The minimum Gasteiger partial charge on any atom is -0.448 e. The molecule has 2 aliphatic rings. The number of fused-ring (bicyclic) bond motifs is 3. The fourth-order valence-corrected chi connectivity index (χ4v) is 3.99. The molecule has 4 rings (SSSR count). The lowest BCUT2D eigenvalue weighted by Gasteiger charge is -2.36. The van der Waals surface area contributed by atoms with Gasteiger partial charge in [-0.3, -0.25) is 0 Å². The van der Waals surface area contributed by atoms with Crippen molar-refractivity contribution < 1.29 is 14.6 Å². The molecule has 0 spiro atoms. The highest BCUT2D eigenvalue weighted by atomic mass is 16.6. The minimum absolute atomic E-state index is 0.0668. The highest BCUT2D eigenvalue weighted by Gasteiger charge is 2.34. The molecule has 5 heteroatoms. The van der Waals surface area contributed by atoms with E-state index < -0.39 is 5.60 Å². The molecule has 0 radical (unpaired) electrons. The summed E-state index contributed by atoms with van der Waals surface area (Å²) in [5.41, 5.74) is 9.61. The number of hydrogen-bond acceptors (Lipinski definition) is 4. The van der Waals surface area contributed by atoms with Crippen LogP contribution in [0.5, 0.6) is 0 Å². The molecule has 0 saturated carbocycles. The Morgan fingerprint density at radius 1 is 1.08 bits per heavy atom. The molecule has 1 aliphatic carbocycles. The Bertz CT molecular complexity index is 767. The summed E-state index contributed by atoms with van der Waals surface area (Å²) in [4.78, 5) is 14.1. The van der Waals surface area contributed by atoms with E-state index in [9.17, 15) is 9.90 Å². The van der Waals surface area contributed by atoms with Crippen molar-refractivity contribution in [3.05, 3.63) is 59.7 Å². The van der Waals surface area contributed by atoms with Crippen LogP contribution >= 0.6 is 0 Å². The number of ether oxygens (including phenoxy) is 1. The van der Waals surface area contributed by atoms with Crippen LogP contribution in [0, 0.1) is 0 Å². The zero-order chi connectivity index (χ0) is 18.1. The van der Waals surface area contributed by atoms with Crippen LogP contribution in [0.25, 0.3) is 11.1 Å². The van der Waals surface area contributed by atoms with Crippen LogP contribution in [0.2, 0.25) is 0 Å². The smallest absolute Gasteiger partial charge is 0.409 e. The van der Waals surface area contributed by atoms with Gasteiger partial charge < -0.3 is 20.5 Å². The van der Waals surface area contributed by atoms with Gasteiger partial charge in [-0.25, -0.2) is 4.79 Å². The Morgan fingerprint density at radius 3 is 2.15 bits per heavy atom. The van der Waals surface area contributed by atoms with E-state index in [1.807, 2.05) is 24.3 Å². The molecule has 2 aromatic rings. The van der Waals surface area contributed by atoms with Gasteiger partial charge in [0, 0.05) is 25.6 Å². The van der Waals surface area contributed by atoms with Gasteiger partial charge in [0.25, 0.3) is 0 Å². The predicted molar refractivity (Wildman–Crippen MR) is 99.9 cm³/mol. The highest BCUT2D eigenvalue weighted by Crippen LogP contribution is 2.44. The predicted octanol–water partition coefficient (Wildman–Crippen LogP) is 2.72. The Hall–Kier alpha value is -2.37. The van der Waals surface area contributed by atoms with Crippen LogP contribution in [0.3, 0.4) is 0 Å². The molecule has 3 N–H and O–H groups in total. The lowest BCUT2D eigenvalue weighted by molar-refractivity contribution is -0.0134. The molecule has 0 unspecified atom stereocenters. The molecule has 136 valence electrons. The van der Waals surface area contributed by atoms with Crippen molar-refractivity contribution in [3.63, 3.8) is 0 Å². The number of likely N-dealkylation sites (tertiary alicyclic amines) is 1. The quantitative estimate of drug-likeness (QED) is 0.891. The summed E-state index contributed by atoms with van der Waals surface area (Å²) in [5.74, 6) is 0.0668. The number of rotatable bonds is 3. The van der Waals surface area contributed by atoms with Crippen LogP contribution in [-0.4, -0.2) is 47.9 Å². The van der Waals surface area contributed by atoms with Crippen LogP contribution in [0.4, 0.5) is 4.79 Å². The van der Waals surface area contributed by atoms with Gasteiger partial charge in [-0.05, 0) is 35.1 Å². The van der Waals surface area contributed by atoms with E-state index in [4.69, 9.17) is 10.5 Å². The summed E-state index contributed by atoms with van der Waals surface area (Å²) in [6.07, 6.45) is 0.674. The Labute approximate surface area is 153 Å². The standard InChI is InChI=1S/C21H24N2O3/c22-14-21(25)9-11-23(12-10-21)20(24)26-13-19-17-7-3-1-5-15(17)16-6-2-4-8-18(16)19/h1-8,19,25H,9-14,22H2. The number of benzene rings is 2. The van der Waals surface area contributed by atoms with Crippen molar-refractivity contribution in [1.29, 1.82) is 0 Å². The van der Waals surface area contributed by atoms with Gasteiger partial charge in [-0.15, -0.1) is 0 Å². The number of nitrogens with two attached hydrogens (primary N) is 1. The first-order valence-corrected chi connectivity index (χ1v) is 9.14. The second-order valence-electron chi connectivity index (χ2n) is 7.22. The second-order valence-corrected chi connectivity index (χ2v) is 7.22. The molecule has 1 aliphatic heterocycles. The molecule has 26 heavy (non-hydrogen) atoms. The van der Waals surface area contributed by atoms with Gasteiger partial charge in [-0.2, -0.15) is 0 Å². The van der Waals surface area contributed by atoms with Gasteiger partial charge in [0.1, 0.15) is 6.61 Å². The molecule has 0 bridgehead atoms. The van der Waals surface area contributed by atoms with Gasteiger partial charge in [0.15, 0.2) is 0 Å². The molecule has 0 atom stereocenters.